The van der Waals surface area contributed by atoms with Crippen LogP contribution < -0.4 is 0 Å². The Kier molecular flexibility index (Phi) is 5.98. The van der Waals surface area contributed by atoms with Crippen molar-refractivity contribution in [1.82, 2.24) is 4.31 Å². The Balaban J connectivity index is 1.82. The van der Waals surface area contributed by atoms with Gasteiger partial charge in [0.05, 0.1) is 10.9 Å². The number of nitrogens with zero attached hydrogens (tertiary/aromatic N) is 1. The van der Waals surface area contributed by atoms with E-state index in [1.165, 1.54) is 22.5 Å². The summed E-state index contributed by atoms with van der Waals surface area (Å²) in [5, 5.41) is 0. The molecule has 1 aliphatic rings. The fourth-order valence-electron chi connectivity index (χ4n) is 4.13. The zero-order valence-corrected chi connectivity index (χ0v) is 18.7. The van der Waals surface area contributed by atoms with E-state index in [4.69, 9.17) is 0 Å². The summed E-state index contributed by atoms with van der Waals surface area (Å²) in [6.45, 7) is 3.84. The first-order valence-electron chi connectivity index (χ1n) is 10.5. The number of carbonyl (C=O) groups excluding carboxylic acids is 1. The van der Waals surface area contributed by atoms with Crippen molar-refractivity contribution in [1.29, 1.82) is 0 Å². The minimum Gasteiger partial charge on any atom is -0.289 e. The van der Waals surface area contributed by atoms with Crippen molar-refractivity contribution in [2.45, 2.75) is 31.2 Å². The van der Waals surface area contributed by atoms with Crippen molar-refractivity contribution in [3.63, 3.8) is 0 Å². The summed E-state index contributed by atoms with van der Waals surface area (Å²) < 4.78 is 42.2. The molecule has 0 unspecified atom stereocenters. The number of sulfonamides is 1. The van der Waals surface area contributed by atoms with Crippen LogP contribution in [0.4, 0.5) is 4.39 Å². The van der Waals surface area contributed by atoms with Gasteiger partial charge in [-0.2, -0.15) is 0 Å². The number of hydrogen-bond acceptors (Lipinski definition) is 3. The molecule has 4 rings (SSSR count). The molecule has 4 nitrogen and oxygen atoms in total. The minimum absolute atomic E-state index is 0.155. The molecule has 0 radical (unpaired) electrons. The largest absolute Gasteiger partial charge is 0.289 e. The van der Waals surface area contributed by atoms with Gasteiger partial charge in [0.15, 0.2) is 5.78 Å². The van der Waals surface area contributed by atoms with Crippen LogP contribution in [0.2, 0.25) is 0 Å². The molecule has 0 N–H and O–H groups in total. The lowest BCUT2D eigenvalue weighted by atomic mass is 9.80. The summed E-state index contributed by atoms with van der Waals surface area (Å²) in [6, 6.07) is 20.8. The summed E-state index contributed by atoms with van der Waals surface area (Å²) in [5.74, 6) is -0.821. The average molecular weight is 450 g/mol. The number of hydrogen-bond donors (Lipinski definition) is 0. The van der Waals surface area contributed by atoms with Gasteiger partial charge in [0.2, 0.25) is 0 Å². The molecule has 6 heteroatoms. The van der Waals surface area contributed by atoms with Gasteiger partial charge in [-0.3, -0.25) is 9.10 Å². The lowest BCUT2D eigenvalue weighted by Crippen LogP contribution is -2.50. The molecule has 0 aromatic heterocycles. The molecular weight excluding hydrogens is 425 g/mol. The first-order chi connectivity index (χ1) is 15.3. The molecule has 2 atom stereocenters. The van der Waals surface area contributed by atoms with Gasteiger partial charge in [0.25, 0.3) is 10.0 Å². The van der Waals surface area contributed by atoms with Crippen LogP contribution in [0.25, 0.3) is 0 Å². The fraction of sp³-hybridized carbons (Fsp3) is 0.192. The van der Waals surface area contributed by atoms with E-state index in [0.29, 0.717) is 23.2 Å². The smallest absolute Gasteiger partial charge is 0.264 e. The minimum atomic E-state index is -3.93. The third-order valence-electron chi connectivity index (χ3n) is 5.83. The summed E-state index contributed by atoms with van der Waals surface area (Å²) >= 11 is 0. The van der Waals surface area contributed by atoms with Crippen LogP contribution in [0.1, 0.15) is 40.9 Å². The molecule has 0 aliphatic carbocycles. The lowest BCUT2D eigenvalue weighted by Gasteiger charge is -2.50. The van der Waals surface area contributed by atoms with E-state index in [1.807, 2.05) is 19.9 Å². The van der Waals surface area contributed by atoms with Gasteiger partial charge < -0.3 is 0 Å². The molecule has 0 bridgehead atoms. The Bertz CT molecular complexity index is 1250. The highest BCUT2D eigenvalue weighted by Gasteiger charge is 2.50. The van der Waals surface area contributed by atoms with E-state index in [-0.39, 0.29) is 22.4 Å². The number of ketones is 1. The van der Waals surface area contributed by atoms with E-state index in [9.17, 15) is 17.6 Å². The monoisotopic (exact) mass is 449 g/mol. The lowest BCUT2D eigenvalue weighted by molar-refractivity contribution is 0.103. The SMILES string of the molecule is CC[C@H]1/C(=C\C(=O)c2ccccc2)N(S(=O)(=O)c2ccc(C)cc2)[C@@H]1c1ccc(F)cc1. The number of allylic oxidation sites excluding steroid dienone is 1. The first-order valence-corrected chi connectivity index (χ1v) is 11.9. The zero-order chi connectivity index (χ0) is 22.9. The Morgan fingerprint density at radius 3 is 2.19 bits per heavy atom. The number of halogens is 1. The van der Waals surface area contributed by atoms with E-state index in [0.717, 1.165) is 5.56 Å². The van der Waals surface area contributed by atoms with E-state index < -0.39 is 16.1 Å². The van der Waals surface area contributed by atoms with Gasteiger partial charge in [0.1, 0.15) is 5.82 Å². The van der Waals surface area contributed by atoms with Crippen molar-refractivity contribution >= 4 is 15.8 Å². The van der Waals surface area contributed by atoms with Crippen molar-refractivity contribution in [3.05, 3.63) is 113 Å². The average Bonchev–Trinajstić information content (AvgIpc) is 2.78. The van der Waals surface area contributed by atoms with Crippen LogP contribution in [-0.2, 0) is 10.0 Å². The molecular formula is C26H24FNO3S. The molecule has 1 fully saturated rings. The summed E-state index contributed by atoms with van der Waals surface area (Å²) in [5.41, 5.74) is 2.59. The maximum absolute atomic E-state index is 13.7. The van der Waals surface area contributed by atoms with Crippen LogP contribution in [0.3, 0.4) is 0 Å². The van der Waals surface area contributed by atoms with Gasteiger partial charge in [-0.1, -0.05) is 67.1 Å². The van der Waals surface area contributed by atoms with Crippen LogP contribution in [0.5, 0.6) is 0 Å². The zero-order valence-electron chi connectivity index (χ0n) is 17.9. The molecule has 32 heavy (non-hydrogen) atoms. The van der Waals surface area contributed by atoms with E-state index >= 15 is 0 Å². The Labute approximate surface area is 188 Å². The molecule has 1 heterocycles. The predicted octanol–water partition coefficient (Wildman–Crippen LogP) is 5.67. The van der Waals surface area contributed by atoms with Crippen molar-refractivity contribution in [3.8, 4) is 0 Å². The summed E-state index contributed by atoms with van der Waals surface area (Å²) in [6.07, 6.45) is 2.06. The van der Waals surface area contributed by atoms with Crippen molar-refractivity contribution < 1.29 is 17.6 Å². The topological polar surface area (TPSA) is 54.5 Å². The number of rotatable bonds is 6. The van der Waals surface area contributed by atoms with E-state index in [1.54, 1.807) is 60.7 Å². The molecule has 0 amide bonds. The van der Waals surface area contributed by atoms with Gasteiger partial charge in [-0.25, -0.2) is 12.8 Å². The molecule has 1 saturated heterocycles. The standard InChI is InChI=1S/C26H24FNO3S/c1-3-23-24(17-25(29)19-7-5-4-6-8-19)28(26(23)20-11-13-21(27)14-12-20)32(30,31)22-15-9-18(2)10-16-22/h4-17,23,26H,3H2,1-2H3/b24-17+/t23-,26+/m0/s1. The third-order valence-corrected chi connectivity index (χ3v) is 7.66. The molecule has 3 aromatic rings. The van der Waals surface area contributed by atoms with Crippen LogP contribution in [0, 0.1) is 18.7 Å². The maximum atomic E-state index is 13.7. The second kappa shape index (κ2) is 8.71. The number of aryl methyl sites for hydroxylation is 1. The maximum Gasteiger partial charge on any atom is 0.264 e. The predicted molar refractivity (Wildman–Crippen MR) is 122 cm³/mol. The quantitative estimate of drug-likeness (QED) is 0.360. The summed E-state index contributed by atoms with van der Waals surface area (Å²) in [4.78, 5) is 13.1. The Morgan fingerprint density at radius 2 is 1.59 bits per heavy atom. The highest BCUT2D eigenvalue weighted by atomic mass is 32.2. The van der Waals surface area contributed by atoms with Crippen molar-refractivity contribution in [2.24, 2.45) is 5.92 Å². The van der Waals surface area contributed by atoms with E-state index in [2.05, 4.69) is 0 Å². The molecule has 164 valence electrons. The Morgan fingerprint density at radius 1 is 0.969 bits per heavy atom. The van der Waals surface area contributed by atoms with Gasteiger partial charge in [-0.15, -0.1) is 0 Å². The van der Waals surface area contributed by atoms with Crippen molar-refractivity contribution in [2.75, 3.05) is 0 Å². The van der Waals surface area contributed by atoms with Crippen LogP contribution in [-0.4, -0.2) is 18.5 Å². The second-order valence-electron chi connectivity index (χ2n) is 7.92. The molecule has 3 aromatic carbocycles. The van der Waals surface area contributed by atoms with Crippen LogP contribution >= 0.6 is 0 Å². The number of carbonyl (C=O) groups is 1. The normalized spacial score (nSPS) is 19.6. The first kappa shape index (κ1) is 22.0. The summed E-state index contributed by atoms with van der Waals surface area (Å²) in [7, 11) is -3.93. The second-order valence-corrected chi connectivity index (χ2v) is 9.74. The number of benzene rings is 3. The van der Waals surface area contributed by atoms with Gasteiger partial charge >= 0.3 is 0 Å². The van der Waals surface area contributed by atoms with Gasteiger partial charge in [0, 0.05) is 23.3 Å². The molecule has 0 saturated carbocycles. The fourth-order valence-corrected chi connectivity index (χ4v) is 5.87. The highest BCUT2D eigenvalue weighted by molar-refractivity contribution is 7.89. The van der Waals surface area contributed by atoms with Gasteiger partial charge in [-0.05, 0) is 43.2 Å². The molecule has 1 aliphatic heterocycles. The molecule has 0 spiro atoms. The highest BCUT2D eigenvalue weighted by Crippen LogP contribution is 2.52. The van der Waals surface area contributed by atoms with Crippen LogP contribution in [0.15, 0.2) is 95.5 Å². The Hall–Kier alpha value is -3.25. The third kappa shape index (κ3) is 3.98.